The van der Waals surface area contributed by atoms with E-state index in [1.807, 2.05) is 12.1 Å². The lowest BCUT2D eigenvalue weighted by Gasteiger charge is -2.07. The van der Waals surface area contributed by atoms with E-state index in [9.17, 15) is 0 Å². The van der Waals surface area contributed by atoms with Crippen molar-refractivity contribution < 1.29 is 9.15 Å². The van der Waals surface area contributed by atoms with Gasteiger partial charge in [-0.3, -0.25) is 0 Å². The van der Waals surface area contributed by atoms with Gasteiger partial charge in [0.05, 0.1) is 0 Å². The molecule has 86 valence electrons. The number of hydrogen-bond donors (Lipinski definition) is 1. The first-order valence-corrected chi connectivity index (χ1v) is 6.03. The zero-order valence-electron chi connectivity index (χ0n) is 9.25. The predicted molar refractivity (Wildman–Crippen MR) is 63.8 cm³/mol. The quantitative estimate of drug-likeness (QED) is 0.777. The second-order valence-corrected chi connectivity index (χ2v) is 4.50. The van der Waals surface area contributed by atoms with Crippen LogP contribution in [0.4, 0.5) is 0 Å². The van der Waals surface area contributed by atoms with Crippen molar-refractivity contribution in [1.29, 1.82) is 0 Å². The fourth-order valence-electron chi connectivity index (χ4n) is 1.17. The van der Waals surface area contributed by atoms with Gasteiger partial charge in [0.15, 0.2) is 4.67 Å². The summed E-state index contributed by atoms with van der Waals surface area (Å²) >= 11 is 3.25. The molecule has 1 N–H and O–H groups in total. The van der Waals surface area contributed by atoms with Crippen LogP contribution in [-0.2, 0) is 11.3 Å². The highest BCUT2D eigenvalue weighted by Gasteiger charge is 1.99. The van der Waals surface area contributed by atoms with Gasteiger partial charge in [-0.15, -0.1) is 0 Å². The summed E-state index contributed by atoms with van der Waals surface area (Å²) in [5.74, 6) is 0.860. The molecule has 1 heterocycles. The van der Waals surface area contributed by atoms with Gasteiger partial charge in [-0.2, -0.15) is 0 Å². The minimum absolute atomic E-state index is 0.547. The van der Waals surface area contributed by atoms with Crippen LogP contribution in [0.2, 0.25) is 0 Å². The Morgan fingerprint density at radius 1 is 1.47 bits per heavy atom. The lowest BCUT2D eigenvalue weighted by molar-refractivity contribution is 0.103. The molecule has 1 aromatic heterocycles. The Kier molecular flexibility index (Phi) is 5.98. The van der Waals surface area contributed by atoms with E-state index >= 15 is 0 Å². The average Bonchev–Trinajstić information content (AvgIpc) is 2.57. The van der Waals surface area contributed by atoms with Crippen molar-refractivity contribution in [2.75, 3.05) is 13.2 Å². The van der Waals surface area contributed by atoms with Crippen LogP contribution in [0.1, 0.15) is 26.0 Å². The molecule has 1 rings (SSSR count). The van der Waals surface area contributed by atoms with Gasteiger partial charge in [0.1, 0.15) is 12.4 Å². The van der Waals surface area contributed by atoms with E-state index in [0.29, 0.717) is 12.6 Å². The van der Waals surface area contributed by atoms with Crippen molar-refractivity contribution in [3.8, 4) is 0 Å². The van der Waals surface area contributed by atoms with Crippen LogP contribution < -0.4 is 5.32 Å². The Labute approximate surface area is 99.3 Å². The van der Waals surface area contributed by atoms with E-state index in [1.54, 1.807) is 0 Å². The second-order valence-electron chi connectivity index (χ2n) is 3.72. The highest BCUT2D eigenvalue weighted by molar-refractivity contribution is 9.10. The molecule has 0 aliphatic rings. The molecular weight excluding hydrogens is 258 g/mol. The maximum atomic E-state index is 5.46. The molecule has 0 bridgehead atoms. The topological polar surface area (TPSA) is 34.4 Å². The molecule has 0 aliphatic heterocycles. The number of furan rings is 1. The van der Waals surface area contributed by atoms with Crippen molar-refractivity contribution in [2.24, 2.45) is 0 Å². The number of nitrogens with one attached hydrogen (secondary N) is 1. The Balaban J connectivity index is 1.98. The molecule has 4 heteroatoms. The molecule has 0 saturated carbocycles. The van der Waals surface area contributed by atoms with Crippen molar-refractivity contribution >= 4 is 15.9 Å². The van der Waals surface area contributed by atoms with Crippen molar-refractivity contribution in [2.45, 2.75) is 32.9 Å². The first-order valence-electron chi connectivity index (χ1n) is 5.24. The molecule has 0 saturated heterocycles. The van der Waals surface area contributed by atoms with Gasteiger partial charge < -0.3 is 14.5 Å². The van der Waals surface area contributed by atoms with Gasteiger partial charge in [0.25, 0.3) is 0 Å². The summed E-state index contributed by atoms with van der Waals surface area (Å²) in [5.41, 5.74) is 0. The minimum Gasteiger partial charge on any atom is -0.452 e. The van der Waals surface area contributed by atoms with E-state index in [4.69, 9.17) is 9.15 Å². The lowest BCUT2D eigenvalue weighted by Crippen LogP contribution is -2.24. The standard InChI is InChI=1S/C11H18BrNO2/c1-9(2)13-6-3-7-14-8-10-4-5-11(12)15-10/h4-5,9,13H,3,6-8H2,1-2H3. The number of rotatable bonds is 7. The molecule has 3 nitrogen and oxygen atoms in total. The van der Waals surface area contributed by atoms with Crippen molar-refractivity contribution in [1.82, 2.24) is 5.32 Å². The van der Waals surface area contributed by atoms with Crippen LogP contribution in [0.25, 0.3) is 0 Å². The molecule has 0 spiro atoms. The van der Waals surface area contributed by atoms with Gasteiger partial charge in [-0.25, -0.2) is 0 Å². The summed E-state index contributed by atoms with van der Waals surface area (Å²) in [7, 11) is 0. The zero-order chi connectivity index (χ0) is 11.1. The average molecular weight is 276 g/mol. The monoisotopic (exact) mass is 275 g/mol. The van der Waals surface area contributed by atoms with Crippen LogP contribution in [0.5, 0.6) is 0 Å². The van der Waals surface area contributed by atoms with Gasteiger partial charge in [0, 0.05) is 12.6 Å². The van der Waals surface area contributed by atoms with E-state index < -0.39 is 0 Å². The molecule has 15 heavy (non-hydrogen) atoms. The second kappa shape index (κ2) is 7.04. The van der Waals surface area contributed by atoms with Crippen LogP contribution in [0, 0.1) is 0 Å². The molecule has 0 aromatic carbocycles. The summed E-state index contributed by atoms with van der Waals surface area (Å²) in [6.45, 7) is 6.59. The molecular formula is C11H18BrNO2. The molecule has 0 fully saturated rings. The van der Waals surface area contributed by atoms with E-state index in [1.165, 1.54) is 0 Å². The minimum atomic E-state index is 0.547. The Hall–Kier alpha value is -0.320. The summed E-state index contributed by atoms with van der Waals surface area (Å²) < 4.78 is 11.5. The maximum absolute atomic E-state index is 5.46. The lowest BCUT2D eigenvalue weighted by atomic mass is 10.3. The van der Waals surface area contributed by atoms with Crippen molar-refractivity contribution in [3.05, 3.63) is 22.6 Å². The molecule has 0 radical (unpaired) electrons. The SMILES string of the molecule is CC(C)NCCCOCc1ccc(Br)o1. The Morgan fingerprint density at radius 2 is 2.27 bits per heavy atom. The Morgan fingerprint density at radius 3 is 2.87 bits per heavy atom. The Bertz CT molecular complexity index is 273. The van der Waals surface area contributed by atoms with Gasteiger partial charge in [-0.1, -0.05) is 13.8 Å². The number of ether oxygens (including phenoxy) is 1. The largest absolute Gasteiger partial charge is 0.452 e. The molecule has 0 atom stereocenters. The van der Waals surface area contributed by atoms with Crippen molar-refractivity contribution in [3.63, 3.8) is 0 Å². The van der Waals surface area contributed by atoms with Crippen LogP contribution in [0.3, 0.4) is 0 Å². The molecule has 0 unspecified atom stereocenters. The third-order valence-electron chi connectivity index (χ3n) is 1.89. The summed E-state index contributed by atoms with van der Waals surface area (Å²) in [6.07, 6.45) is 1.03. The van der Waals surface area contributed by atoms with Crippen LogP contribution in [-0.4, -0.2) is 19.2 Å². The van der Waals surface area contributed by atoms with Crippen LogP contribution >= 0.6 is 15.9 Å². The smallest absolute Gasteiger partial charge is 0.169 e. The molecule has 0 aliphatic carbocycles. The fourth-order valence-corrected chi connectivity index (χ4v) is 1.51. The van der Waals surface area contributed by atoms with Gasteiger partial charge in [-0.05, 0) is 41.0 Å². The highest BCUT2D eigenvalue weighted by atomic mass is 79.9. The summed E-state index contributed by atoms with van der Waals surface area (Å²) in [6, 6.07) is 4.33. The normalized spacial score (nSPS) is 11.2. The van der Waals surface area contributed by atoms with Gasteiger partial charge >= 0.3 is 0 Å². The summed E-state index contributed by atoms with van der Waals surface area (Å²) in [5, 5.41) is 3.34. The first-order chi connectivity index (χ1) is 7.18. The van der Waals surface area contributed by atoms with E-state index in [2.05, 4.69) is 35.1 Å². The van der Waals surface area contributed by atoms with Crippen LogP contribution in [0.15, 0.2) is 21.2 Å². The predicted octanol–water partition coefficient (Wildman–Crippen LogP) is 2.95. The number of hydrogen-bond acceptors (Lipinski definition) is 3. The maximum Gasteiger partial charge on any atom is 0.169 e. The zero-order valence-corrected chi connectivity index (χ0v) is 10.8. The third-order valence-corrected chi connectivity index (χ3v) is 2.32. The van der Waals surface area contributed by atoms with E-state index in [0.717, 1.165) is 30.0 Å². The van der Waals surface area contributed by atoms with E-state index in [-0.39, 0.29) is 0 Å². The summed E-state index contributed by atoms with van der Waals surface area (Å²) in [4.78, 5) is 0. The fraction of sp³-hybridized carbons (Fsp3) is 0.636. The third kappa shape index (κ3) is 5.97. The highest BCUT2D eigenvalue weighted by Crippen LogP contribution is 2.14. The number of halogens is 1. The molecule has 1 aromatic rings. The molecule has 0 amide bonds. The van der Waals surface area contributed by atoms with Gasteiger partial charge in [0.2, 0.25) is 0 Å². The first kappa shape index (κ1) is 12.7.